The van der Waals surface area contributed by atoms with Crippen molar-refractivity contribution in [2.24, 2.45) is 17.3 Å². The Labute approximate surface area is 161 Å². The first-order valence-corrected chi connectivity index (χ1v) is 8.41. The number of primary amides is 2. The molecule has 2 atom stereocenters. The number of nitrogens with one attached hydrogen (secondary N) is 4. The quantitative estimate of drug-likeness (QED) is 0.0693. The second kappa shape index (κ2) is 15.5. The van der Waals surface area contributed by atoms with Crippen molar-refractivity contribution in [3.05, 3.63) is 0 Å². The van der Waals surface area contributed by atoms with Crippen LogP contribution < -0.4 is 38.7 Å². The van der Waals surface area contributed by atoms with Crippen LogP contribution in [0.15, 0.2) is 0 Å². The summed E-state index contributed by atoms with van der Waals surface area (Å²) in [5, 5.41) is 16.4. The Morgan fingerprint density at radius 3 is 2.21 bits per heavy atom. The van der Waals surface area contributed by atoms with E-state index in [1.165, 1.54) is 0 Å². The number of aliphatic hydroxyl groups excluding tert-OH is 1. The molecular formula is C14H29N7O7. The van der Waals surface area contributed by atoms with Crippen LogP contribution in [0.4, 0.5) is 4.79 Å². The van der Waals surface area contributed by atoms with Gasteiger partial charge in [-0.15, -0.1) is 0 Å². The van der Waals surface area contributed by atoms with Crippen molar-refractivity contribution in [1.29, 1.82) is 0 Å². The molecule has 162 valence electrons. The molecule has 0 saturated carbocycles. The Hall–Kier alpha value is -2.52. The molecule has 0 unspecified atom stereocenters. The molecule has 0 aromatic carbocycles. The Kier molecular flexibility index (Phi) is 14.1. The highest BCUT2D eigenvalue weighted by atomic mass is 16.5. The zero-order chi connectivity index (χ0) is 21.4. The number of hydrazine groups is 1. The van der Waals surface area contributed by atoms with Crippen molar-refractivity contribution >= 4 is 23.8 Å². The third-order valence-electron chi connectivity index (χ3n) is 3.11. The van der Waals surface area contributed by atoms with E-state index >= 15 is 0 Å². The van der Waals surface area contributed by atoms with Crippen molar-refractivity contribution in [2.75, 3.05) is 46.1 Å². The normalized spacial score (nSPS) is 12.6. The molecule has 0 radical (unpaired) electrons. The number of urea groups is 1. The fourth-order valence-electron chi connectivity index (χ4n) is 1.90. The molecule has 0 fully saturated rings. The van der Waals surface area contributed by atoms with E-state index in [0.717, 1.165) is 0 Å². The van der Waals surface area contributed by atoms with Crippen LogP contribution in [0.3, 0.4) is 0 Å². The van der Waals surface area contributed by atoms with Crippen LogP contribution in [-0.2, 0) is 23.9 Å². The van der Waals surface area contributed by atoms with Crippen molar-refractivity contribution in [2.45, 2.75) is 18.5 Å². The lowest BCUT2D eigenvalue weighted by atomic mass is 10.2. The summed E-state index contributed by atoms with van der Waals surface area (Å²) in [4.78, 5) is 45.3. The molecule has 0 aromatic rings. The number of hydrogen-bond acceptors (Lipinski definition) is 9. The van der Waals surface area contributed by atoms with Gasteiger partial charge in [0.2, 0.25) is 17.7 Å². The van der Waals surface area contributed by atoms with Crippen molar-refractivity contribution in [3.63, 3.8) is 0 Å². The van der Waals surface area contributed by atoms with E-state index in [1.54, 1.807) is 0 Å². The zero-order valence-electron chi connectivity index (χ0n) is 15.4. The topological polar surface area (TPSA) is 233 Å². The first-order chi connectivity index (χ1) is 13.3. The molecule has 11 N–H and O–H groups in total. The van der Waals surface area contributed by atoms with Gasteiger partial charge in [-0.2, -0.15) is 0 Å². The fourth-order valence-corrected chi connectivity index (χ4v) is 1.90. The molecule has 0 bridgehead atoms. The number of aliphatic hydroxyl groups is 1. The number of hydrogen-bond donors (Lipinski definition) is 8. The summed E-state index contributed by atoms with van der Waals surface area (Å²) in [6.45, 7) is -0.127. The summed E-state index contributed by atoms with van der Waals surface area (Å²) in [7, 11) is 0. The van der Waals surface area contributed by atoms with E-state index in [4.69, 9.17) is 26.8 Å². The maximum Gasteiger partial charge on any atom is 0.315 e. The van der Waals surface area contributed by atoms with Crippen LogP contribution in [0.1, 0.15) is 6.42 Å². The van der Waals surface area contributed by atoms with Gasteiger partial charge in [-0.25, -0.2) is 4.79 Å². The predicted octanol–water partition coefficient (Wildman–Crippen LogP) is -5.01. The van der Waals surface area contributed by atoms with Crippen molar-refractivity contribution in [1.82, 2.24) is 21.4 Å². The second-order valence-corrected chi connectivity index (χ2v) is 5.55. The minimum Gasteiger partial charge on any atom is -0.394 e. The average Bonchev–Trinajstić information content (AvgIpc) is 2.61. The summed E-state index contributed by atoms with van der Waals surface area (Å²) in [6, 6.07) is -2.67. The minimum absolute atomic E-state index is 0.0762. The molecule has 0 aromatic heterocycles. The molecule has 0 rings (SSSR count). The van der Waals surface area contributed by atoms with Gasteiger partial charge in [0.15, 0.2) is 0 Å². The average molecular weight is 407 g/mol. The first-order valence-electron chi connectivity index (χ1n) is 8.41. The monoisotopic (exact) mass is 407 g/mol. The molecule has 14 nitrogen and oxygen atoms in total. The highest BCUT2D eigenvalue weighted by molar-refractivity contribution is 5.87. The number of carbonyl (C=O) groups is 4. The van der Waals surface area contributed by atoms with E-state index in [1.807, 2.05) is 0 Å². The molecule has 5 amide bonds. The van der Waals surface area contributed by atoms with Gasteiger partial charge in [0.1, 0.15) is 12.6 Å². The Balaban J connectivity index is 4.11. The largest absolute Gasteiger partial charge is 0.394 e. The Morgan fingerprint density at radius 1 is 0.964 bits per heavy atom. The van der Waals surface area contributed by atoms with Gasteiger partial charge in [0, 0.05) is 19.5 Å². The summed E-state index contributed by atoms with van der Waals surface area (Å²) >= 11 is 0. The van der Waals surface area contributed by atoms with E-state index in [9.17, 15) is 24.3 Å². The second-order valence-electron chi connectivity index (χ2n) is 5.55. The molecule has 0 aliphatic carbocycles. The van der Waals surface area contributed by atoms with Gasteiger partial charge >= 0.3 is 6.03 Å². The van der Waals surface area contributed by atoms with E-state index in [2.05, 4.69) is 21.4 Å². The zero-order valence-corrected chi connectivity index (χ0v) is 15.4. The molecule has 0 heterocycles. The van der Waals surface area contributed by atoms with Crippen LogP contribution in [-0.4, -0.2) is 87.1 Å². The molecule has 28 heavy (non-hydrogen) atoms. The molecular weight excluding hydrogens is 378 g/mol. The Morgan fingerprint density at radius 2 is 1.64 bits per heavy atom. The molecule has 0 aliphatic heterocycles. The highest BCUT2D eigenvalue weighted by Gasteiger charge is 2.21. The molecule has 0 saturated heterocycles. The van der Waals surface area contributed by atoms with Gasteiger partial charge < -0.3 is 42.0 Å². The lowest BCUT2D eigenvalue weighted by Gasteiger charge is -2.20. The highest BCUT2D eigenvalue weighted by Crippen LogP contribution is 1.91. The van der Waals surface area contributed by atoms with Gasteiger partial charge in [-0.1, -0.05) is 0 Å². The lowest BCUT2D eigenvalue weighted by molar-refractivity contribution is -0.125. The van der Waals surface area contributed by atoms with E-state index < -0.39 is 42.4 Å². The summed E-state index contributed by atoms with van der Waals surface area (Å²) in [5.74, 6) is 3.30. The third-order valence-corrected chi connectivity index (χ3v) is 3.11. The van der Waals surface area contributed by atoms with Crippen LogP contribution in [0.2, 0.25) is 0 Å². The van der Waals surface area contributed by atoms with Crippen molar-refractivity contribution in [3.8, 4) is 0 Å². The smallest absolute Gasteiger partial charge is 0.315 e. The number of carbonyl (C=O) groups excluding carboxylic acids is 4. The van der Waals surface area contributed by atoms with E-state index in [0.29, 0.717) is 0 Å². The molecule has 0 aliphatic rings. The van der Waals surface area contributed by atoms with Gasteiger partial charge in [0.25, 0.3) is 0 Å². The number of nitrogens with two attached hydrogens (primary N) is 3. The number of amides is 5. The van der Waals surface area contributed by atoms with Crippen molar-refractivity contribution < 1.29 is 33.8 Å². The SMILES string of the molecule is NNC[C@@H](CC(N)=O)NC(=O)N[C@H](CO)C(=O)NCCOCCOCC(N)=O. The molecule has 0 spiro atoms. The van der Waals surface area contributed by atoms with Crippen LogP contribution in [0.25, 0.3) is 0 Å². The van der Waals surface area contributed by atoms with Gasteiger partial charge in [-0.05, 0) is 0 Å². The summed E-state index contributed by atoms with van der Waals surface area (Å²) in [5.41, 5.74) is 12.3. The van der Waals surface area contributed by atoms with Gasteiger partial charge in [0.05, 0.1) is 32.5 Å². The fraction of sp³-hybridized carbons (Fsp3) is 0.714. The maximum absolute atomic E-state index is 12.0. The lowest BCUT2D eigenvalue weighted by Crippen LogP contribution is -2.55. The third kappa shape index (κ3) is 13.7. The molecule has 14 heteroatoms. The van der Waals surface area contributed by atoms with Crippen LogP contribution in [0.5, 0.6) is 0 Å². The van der Waals surface area contributed by atoms with Crippen LogP contribution >= 0.6 is 0 Å². The van der Waals surface area contributed by atoms with Crippen LogP contribution in [0, 0.1) is 0 Å². The summed E-state index contributed by atoms with van der Waals surface area (Å²) in [6.07, 6.45) is -0.159. The number of ether oxygens (including phenoxy) is 2. The minimum atomic E-state index is -1.21. The van der Waals surface area contributed by atoms with E-state index in [-0.39, 0.29) is 45.9 Å². The first kappa shape index (κ1) is 25.5. The predicted molar refractivity (Wildman–Crippen MR) is 96.2 cm³/mol. The maximum atomic E-state index is 12.0. The Bertz CT molecular complexity index is 506. The standard InChI is InChI=1S/C14H29N7O7/c15-11(23)5-9(6-19-17)20-14(26)21-10(7-22)13(25)18-1-2-27-3-4-28-8-12(16)24/h9-10,19,22H,1-8,17H2,(H2,15,23)(H2,16,24)(H,18,25)(H2,20,21,26)/t9-,10-/m1/s1. The summed E-state index contributed by atoms with van der Waals surface area (Å²) < 4.78 is 10.0. The van der Waals surface area contributed by atoms with Gasteiger partial charge in [-0.3, -0.25) is 25.7 Å². The number of rotatable bonds is 16.